The number of amides is 2. The first-order valence-electron chi connectivity index (χ1n) is 6.86. The Bertz CT molecular complexity index is 356. The average molecular weight is 287 g/mol. The van der Waals surface area contributed by atoms with Crippen LogP contribution in [0.25, 0.3) is 0 Å². The molecule has 3 N–H and O–H groups in total. The number of carboxylic acid groups (broad SMARTS) is 1. The van der Waals surface area contributed by atoms with E-state index in [0.29, 0.717) is 6.54 Å². The second kappa shape index (κ2) is 6.90. The highest BCUT2D eigenvalue weighted by molar-refractivity contribution is 5.74. The van der Waals surface area contributed by atoms with Crippen molar-refractivity contribution in [2.24, 2.45) is 0 Å². The van der Waals surface area contributed by atoms with Crippen LogP contribution in [0.2, 0.25) is 0 Å². The van der Waals surface area contributed by atoms with E-state index in [1.54, 1.807) is 11.9 Å². The molecule has 2 amide bonds. The van der Waals surface area contributed by atoms with Gasteiger partial charge in [0.2, 0.25) is 0 Å². The Hall–Kier alpha value is -1.34. The van der Waals surface area contributed by atoms with Crippen molar-refractivity contribution in [3.05, 3.63) is 0 Å². The maximum Gasteiger partial charge on any atom is 0.332 e. The number of aliphatic hydroxyl groups excluding tert-OH is 1. The summed E-state index contributed by atoms with van der Waals surface area (Å²) in [7, 11) is 5.77. The van der Waals surface area contributed by atoms with Crippen molar-refractivity contribution in [1.82, 2.24) is 15.1 Å². The van der Waals surface area contributed by atoms with Gasteiger partial charge in [-0.05, 0) is 33.4 Å². The van der Waals surface area contributed by atoms with Gasteiger partial charge in [-0.2, -0.15) is 0 Å². The Labute approximate surface area is 119 Å². The van der Waals surface area contributed by atoms with Gasteiger partial charge in [0, 0.05) is 32.1 Å². The van der Waals surface area contributed by atoms with Gasteiger partial charge in [0.25, 0.3) is 0 Å². The quantitative estimate of drug-likeness (QED) is 0.610. The molecule has 0 bridgehead atoms. The number of hydrogen-bond donors (Lipinski definition) is 3. The Morgan fingerprint density at radius 3 is 2.30 bits per heavy atom. The fourth-order valence-electron chi connectivity index (χ4n) is 2.42. The average Bonchev–Trinajstić information content (AvgIpc) is 2.32. The molecule has 7 nitrogen and oxygen atoms in total. The molecule has 0 spiro atoms. The van der Waals surface area contributed by atoms with E-state index in [9.17, 15) is 9.59 Å². The lowest BCUT2D eigenvalue weighted by Gasteiger charge is -2.49. The number of rotatable bonds is 7. The first-order chi connectivity index (χ1) is 9.28. The van der Waals surface area contributed by atoms with Crippen molar-refractivity contribution in [1.29, 1.82) is 0 Å². The third-order valence-corrected chi connectivity index (χ3v) is 4.09. The minimum absolute atomic E-state index is 0.00768. The first kappa shape index (κ1) is 16.7. The third kappa shape index (κ3) is 4.08. The van der Waals surface area contributed by atoms with Gasteiger partial charge in [0.05, 0.1) is 0 Å². The molecule has 1 unspecified atom stereocenters. The minimum Gasteiger partial charge on any atom is -0.479 e. The molecule has 1 fully saturated rings. The molecule has 20 heavy (non-hydrogen) atoms. The molecule has 7 heteroatoms. The number of carbonyl (C=O) groups excluding carboxylic acids is 1. The number of hydrogen-bond acceptors (Lipinski definition) is 4. The maximum absolute atomic E-state index is 11.9. The van der Waals surface area contributed by atoms with E-state index in [1.807, 2.05) is 14.1 Å². The molecule has 1 aliphatic carbocycles. The van der Waals surface area contributed by atoms with Gasteiger partial charge in [-0.15, -0.1) is 0 Å². The minimum atomic E-state index is -1.43. The Kier molecular flexibility index (Phi) is 5.76. The van der Waals surface area contributed by atoms with Crippen LogP contribution in [0.1, 0.15) is 25.7 Å². The smallest absolute Gasteiger partial charge is 0.332 e. The highest BCUT2D eigenvalue weighted by Crippen LogP contribution is 2.36. The maximum atomic E-state index is 11.9. The van der Waals surface area contributed by atoms with Gasteiger partial charge >= 0.3 is 12.0 Å². The largest absolute Gasteiger partial charge is 0.479 e. The number of urea groups is 1. The van der Waals surface area contributed by atoms with Gasteiger partial charge in [-0.3, -0.25) is 0 Å². The summed E-state index contributed by atoms with van der Waals surface area (Å²) in [5.74, 6) is -1.27. The molecule has 116 valence electrons. The van der Waals surface area contributed by atoms with Gasteiger partial charge in [0.15, 0.2) is 6.10 Å². The van der Waals surface area contributed by atoms with Crippen LogP contribution in [0.4, 0.5) is 4.79 Å². The van der Waals surface area contributed by atoms with Crippen molar-refractivity contribution < 1.29 is 19.8 Å². The molecule has 0 aromatic carbocycles. The summed E-state index contributed by atoms with van der Waals surface area (Å²) >= 11 is 0. The topological polar surface area (TPSA) is 93.1 Å². The van der Waals surface area contributed by atoms with Crippen LogP contribution in [-0.2, 0) is 4.79 Å². The van der Waals surface area contributed by atoms with Gasteiger partial charge in [0.1, 0.15) is 0 Å². The van der Waals surface area contributed by atoms with Crippen molar-refractivity contribution in [2.45, 2.75) is 37.3 Å². The van der Waals surface area contributed by atoms with Crippen LogP contribution >= 0.6 is 0 Å². The fourth-order valence-corrected chi connectivity index (χ4v) is 2.42. The molecule has 0 aromatic heterocycles. The van der Waals surface area contributed by atoms with E-state index < -0.39 is 12.1 Å². The lowest BCUT2D eigenvalue weighted by Crippen LogP contribution is -2.58. The predicted molar refractivity (Wildman–Crippen MR) is 74.6 cm³/mol. The summed E-state index contributed by atoms with van der Waals surface area (Å²) < 4.78 is 0. The van der Waals surface area contributed by atoms with Gasteiger partial charge < -0.3 is 25.3 Å². The number of aliphatic hydroxyl groups is 1. The van der Waals surface area contributed by atoms with E-state index in [0.717, 1.165) is 12.8 Å². The van der Waals surface area contributed by atoms with E-state index in [4.69, 9.17) is 10.2 Å². The first-order valence-corrected chi connectivity index (χ1v) is 6.86. The normalized spacial score (nSPS) is 18.2. The Balaban J connectivity index is 2.34. The fraction of sp³-hybridized carbons (Fsp3) is 0.846. The van der Waals surface area contributed by atoms with E-state index in [1.165, 1.54) is 6.42 Å². The highest BCUT2D eigenvalue weighted by atomic mass is 16.4. The molecule has 1 aliphatic rings. The number of likely N-dealkylation sites (N-methyl/N-ethyl adjacent to an activating group) is 2. The lowest BCUT2D eigenvalue weighted by molar-refractivity contribution is -0.146. The van der Waals surface area contributed by atoms with Crippen LogP contribution in [0, 0.1) is 0 Å². The van der Waals surface area contributed by atoms with Crippen molar-refractivity contribution in [3.63, 3.8) is 0 Å². The van der Waals surface area contributed by atoms with Crippen LogP contribution in [-0.4, -0.2) is 77.9 Å². The molecule has 0 aliphatic heterocycles. The SMILES string of the molecule is CN(CC1(N(C)C)CCC1)C(=O)NCCC(O)C(=O)O. The number of carbonyl (C=O) groups is 2. The summed E-state index contributed by atoms with van der Waals surface area (Å²) in [6.07, 6.45) is 1.91. The van der Waals surface area contributed by atoms with Gasteiger partial charge in [-0.1, -0.05) is 0 Å². The highest BCUT2D eigenvalue weighted by Gasteiger charge is 2.40. The Morgan fingerprint density at radius 1 is 1.30 bits per heavy atom. The molecular weight excluding hydrogens is 262 g/mol. The predicted octanol–water partition coefficient (Wildman–Crippen LogP) is -0.0523. The molecule has 1 atom stereocenters. The molecule has 0 radical (unpaired) electrons. The monoisotopic (exact) mass is 287 g/mol. The molecule has 1 rings (SSSR count). The lowest BCUT2D eigenvalue weighted by atomic mass is 9.75. The standard InChI is InChI=1S/C13H25N3O4/c1-15(2)13(6-4-7-13)9-16(3)12(20)14-8-5-10(17)11(18)19/h10,17H,4-9H2,1-3H3,(H,14,20)(H,18,19). The van der Waals surface area contributed by atoms with E-state index >= 15 is 0 Å². The van der Waals surface area contributed by atoms with Crippen molar-refractivity contribution in [2.75, 3.05) is 34.2 Å². The summed E-state index contributed by atoms with van der Waals surface area (Å²) in [5, 5.41) is 20.3. The van der Waals surface area contributed by atoms with Crippen LogP contribution in [0.15, 0.2) is 0 Å². The van der Waals surface area contributed by atoms with E-state index in [-0.39, 0.29) is 24.5 Å². The van der Waals surface area contributed by atoms with Gasteiger partial charge in [-0.25, -0.2) is 9.59 Å². The summed E-state index contributed by atoms with van der Waals surface area (Å²) in [4.78, 5) is 26.1. The van der Waals surface area contributed by atoms with E-state index in [2.05, 4.69) is 10.2 Å². The zero-order valence-corrected chi connectivity index (χ0v) is 12.4. The summed E-state index contributed by atoms with van der Waals surface area (Å²) in [6, 6.07) is -0.240. The molecule has 0 heterocycles. The number of aliphatic carboxylic acids is 1. The zero-order valence-electron chi connectivity index (χ0n) is 12.4. The number of carboxylic acids is 1. The number of nitrogens with one attached hydrogen (secondary N) is 1. The molecule has 0 aromatic rings. The van der Waals surface area contributed by atoms with Crippen molar-refractivity contribution >= 4 is 12.0 Å². The number of nitrogens with zero attached hydrogens (tertiary/aromatic N) is 2. The van der Waals surface area contributed by atoms with Crippen LogP contribution < -0.4 is 5.32 Å². The van der Waals surface area contributed by atoms with Crippen LogP contribution in [0.3, 0.4) is 0 Å². The molecular formula is C13H25N3O4. The third-order valence-electron chi connectivity index (χ3n) is 4.09. The van der Waals surface area contributed by atoms with Crippen molar-refractivity contribution in [3.8, 4) is 0 Å². The molecule has 1 saturated carbocycles. The summed E-state index contributed by atoms with van der Waals surface area (Å²) in [6.45, 7) is 0.791. The zero-order chi connectivity index (χ0) is 15.3. The second-order valence-electron chi connectivity index (χ2n) is 5.70. The summed E-state index contributed by atoms with van der Waals surface area (Å²) in [5.41, 5.74) is 0.0622. The Morgan fingerprint density at radius 2 is 1.90 bits per heavy atom. The molecule has 0 saturated heterocycles. The second-order valence-corrected chi connectivity index (χ2v) is 5.70. The van der Waals surface area contributed by atoms with Crippen LogP contribution in [0.5, 0.6) is 0 Å².